The molecule has 5 nitrogen and oxygen atoms in total. The molecule has 1 aliphatic heterocycles. The summed E-state index contributed by atoms with van der Waals surface area (Å²) in [6.45, 7) is 2.95. The van der Waals surface area contributed by atoms with Gasteiger partial charge in [0.05, 0.1) is 5.69 Å². The minimum absolute atomic E-state index is 0.247. The minimum atomic E-state index is -0.247. The highest BCUT2D eigenvalue weighted by atomic mass is 19.1. The standard InChI is InChI=1S/C23H31FN4O/c1-28(22(29)20-16-23(20)9-11-25-12-10-23)13-4-2-3-8-19-15-21(27-26-19)17-6-5-7-18(24)14-17/h5-7,14-15,20,25H,2-4,8-13,16H2,1H3,(H,26,27). The molecule has 1 amide bonds. The normalized spacial score (nSPS) is 20.0. The first-order valence-electron chi connectivity index (χ1n) is 10.8. The van der Waals surface area contributed by atoms with Gasteiger partial charge in [-0.2, -0.15) is 5.10 Å². The lowest BCUT2D eigenvalue weighted by atomic mass is 9.91. The lowest BCUT2D eigenvalue weighted by molar-refractivity contribution is -0.132. The summed E-state index contributed by atoms with van der Waals surface area (Å²) < 4.78 is 13.4. The highest BCUT2D eigenvalue weighted by molar-refractivity contribution is 5.82. The van der Waals surface area contributed by atoms with Crippen LogP contribution in [-0.2, 0) is 11.2 Å². The Bertz CT molecular complexity index is 843. The maximum atomic E-state index is 13.4. The van der Waals surface area contributed by atoms with Gasteiger partial charge in [0, 0.05) is 30.8 Å². The van der Waals surface area contributed by atoms with Gasteiger partial charge in [0.1, 0.15) is 5.82 Å². The van der Waals surface area contributed by atoms with Gasteiger partial charge < -0.3 is 10.2 Å². The Hall–Kier alpha value is -2.21. The molecule has 1 saturated heterocycles. The molecule has 1 aliphatic carbocycles. The van der Waals surface area contributed by atoms with Crippen LogP contribution in [0.1, 0.15) is 44.2 Å². The first kappa shape index (κ1) is 20.1. The van der Waals surface area contributed by atoms with Crippen molar-refractivity contribution in [2.24, 2.45) is 11.3 Å². The van der Waals surface area contributed by atoms with Gasteiger partial charge in [0.25, 0.3) is 0 Å². The quantitative estimate of drug-likeness (QED) is 0.666. The molecule has 1 spiro atoms. The van der Waals surface area contributed by atoms with Crippen LogP contribution in [-0.4, -0.2) is 47.7 Å². The zero-order valence-electron chi connectivity index (χ0n) is 17.2. The number of halogens is 1. The summed E-state index contributed by atoms with van der Waals surface area (Å²) in [4.78, 5) is 14.6. The van der Waals surface area contributed by atoms with Crippen molar-refractivity contribution < 1.29 is 9.18 Å². The third-order valence-electron chi connectivity index (χ3n) is 6.65. The zero-order chi connectivity index (χ0) is 20.3. The molecule has 4 rings (SSSR count). The number of nitrogens with one attached hydrogen (secondary N) is 2. The molecule has 0 radical (unpaired) electrons. The van der Waals surface area contributed by atoms with Crippen molar-refractivity contribution in [3.63, 3.8) is 0 Å². The zero-order valence-corrected chi connectivity index (χ0v) is 17.2. The van der Waals surface area contributed by atoms with E-state index in [-0.39, 0.29) is 11.7 Å². The van der Waals surface area contributed by atoms with Crippen LogP contribution in [0.4, 0.5) is 4.39 Å². The fraction of sp³-hybridized carbons (Fsp3) is 0.565. The maximum Gasteiger partial charge on any atom is 0.226 e. The Morgan fingerprint density at radius 1 is 1.24 bits per heavy atom. The van der Waals surface area contributed by atoms with Crippen LogP contribution in [0.25, 0.3) is 11.3 Å². The van der Waals surface area contributed by atoms with E-state index in [4.69, 9.17) is 0 Å². The van der Waals surface area contributed by atoms with Gasteiger partial charge in [0.15, 0.2) is 0 Å². The molecule has 2 N–H and O–H groups in total. The molecule has 1 atom stereocenters. The molecule has 2 heterocycles. The third-order valence-corrected chi connectivity index (χ3v) is 6.65. The van der Waals surface area contributed by atoms with Gasteiger partial charge in [-0.1, -0.05) is 18.6 Å². The molecule has 2 fully saturated rings. The SMILES string of the molecule is CN(CCCCCc1cc(-c2cccc(F)c2)n[nH]1)C(=O)C1CC12CCNCC2. The first-order valence-corrected chi connectivity index (χ1v) is 10.8. The van der Waals surface area contributed by atoms with Gasteiger partial charge in [-0.15, -0.1) is 0 Å². The Morgan fingerprint density at radius 3 is 2.86 bits per heavy atom. The van der Waals surface area contributed by atoms with Gasteiger partial charge in [0.2, 0.25) is 5.91 Å². The summed E-state index contributed by atoms with van der Waals surface area (Å²) in [5.41, 5.74) is 2.95. The van der Waals surface area contributed by atoms with Crippen molar-refractivity contribution in [3.8, 4) is 11.3 Å². The predicted octanol–water partition coefficient (Wildman–Crippen LogP) is 3.78. The monoisotopic (exact) mass is 398 g/mol. The summed E-state index contributed by atoms with van der Waals surface area (Å²) >= 11 is 0. The van der Waals surface area contributed by atoms with E-state index in [1.807, 2.05) is 24.1 Å². The molecule has 156 valence electrons. The van der Waals surface area contributed by atoms with Crippen LogP contribution >= 0.6 is 0 Å². The summed E-state index contributed by atoms with van der Waals surface area (Å²) in [5.74, 6) is 0.365. The lowest BCUT2D eigenvalue weighted by Gasteiger charge is -2.25. The van der Waals surface area contributed by atoms with Crippen LogP contribution in [0.15, 0.2) is 30.3 Å². The molecule has 2 aromatic rings. The van der Waals surface area contributed by atoms with Gasteiger partial charge in [-0.25, -0.2) is 4.39 Å². The maximum absolute atomic E-state index is 13.4. The number of hydrogen-bond acceptors (Lipinski definition) is 3. The Labute approximate surface area is 172 Å². The number of piperidine rings is 1. The number of aromatic amines is 1. The summed E-state index contributed by atoms with van der Waals surface area (Å²) in [7, 11) is 1.95. The fourth-order valence-corrected chi connectivity index (χ4v) is 4.68. The number of aryl methyl sites for hydroxylation is 1. The van der Waals surface area contributed by atoms with E-state index in [0.717, 1.165) is 81.5 Å². The van der Waals surface area contributed by atoms with Crippen molar-refractivity contribution in [1.82, 2.24) is 20.4 Å². The van der Waals surface area contributed by atoms with Crippen LogP contribution < -0.4 is 5.32 Å². The van der Waals surface area contributed by atoms with E-state index in [1.165, 1.54) is 12.1 Å². The summed E-state index contributed by atoms with van der Waals surface area (Å²) in [6.07, 6.45) is 7.45. The van der Waals surface area contributed by atoms with Crippen molar-refractivity contribution >= 4 is 5.91 Å². The lowest BCUT2D eigenvalue weighted by Crippen LogP contribution is -2.35. The molecular formula is C23H31FN4O. The molecule has 1 saturated carbocycles. The van der Waals surface area contributed by atoms with Crippen LogP contribution in [0, 0.1) is 17.2 Å². The number of nitrogens with zero attached hydrogens (tertiary/aromatic N) is 2. The molecule has 2 aliphatic rings. The van der Waals surface area contributed by atoms with E-state index in [9.17, 15) is 9.18 Å². The van der Waals surface area contributed by atoms with Crippen molar-refractivity contribution in [1.29, 1.82) is 0 Å². The molecule has 6 heteroatoms. The number of H-pyrrole nitrogens is 1. The van der Waals surface area contributed by atoms with E-state index in [2.05, 4.69) is 15.5 Å². The number of amides is 1. The number of carbonyl (C=O) groups is 1. The smallest absolute Gasteiger partial charge is 0.226 e. The van der Waals surface area contributed by atoms with E-state index in [0.29, 0.717) is 11.3 Å². The highest BCUT2D eigenvalue weighted by Crippen LogP contribution is 2.59. The Balaban J connectivity index is 1.15. The van der Waals surface area contributed by atoms with E-state index in [1.54, 1.807) is 6.07 Å². The second kappa shape index (κ2) is 8.66. The van der Waals surface area contributed by atoms with Crippen molar-refractivity contribution in [3.05, 3.63) is 41.8 Å². The minimum Gasteiger partial charge on any atom is -0.346 e. The summed E-state index contributed by atoms with van der Waals surface area (Å²) in [6, 6.07) is 8.50. The topological polar surface area (TPSA) is 61.0 Å². The summed E-state index contributed by atoms with van der Waals surface area (Å²) in [5, 5.41) is 10.7. The highest BCUT2D eigenvalue weighted by Gasteiger charge is 2.58. The number of unbranched alkanes of at least 4 members (excludes halogenated alkanes) is 2. The number of benzene rings is 1. The van der Waals surface area contributed by atoms with Crippen molar-refractivity contribution in [2.75, 3.05) is 26.7 Å². The Kier molecular flexibility index (Phi) is 5.99. The predicted molar refractivity (Wildman–Crippen MR) is 112 cm³/mol. The molecular weight excluding hydrogens is 367 g/mol. The van der Waals surface area contributed by atoms with Crippen LogP contribution in [0.5, 0.6) is 0 Å². The van der Waals surface area contributed by atoms with Crippen LogP contribution in [0.3, 0.4) is 0 Å². The number of hydrogen-bond donors (Lipinski definition) is 2. The molecule has 1 aromatic heterocycles. The average molecular weight is 399 g/mol. The molecule has 29 heavy (non-hydrogen) atoms. The third kappa shape index (κ3) is 4.69. The van der Waals surface area contributed by atoms with E-state index < -0.39 is 0 Å². The second-order valence-corrected chi connectivity index (χ2v) is 8.73. The first-order chi connectivity index (χ1) is 14.1. The number of carbonyl (C=O) groups excluding carboxylic acids is 1. The van der Waals surface area contributed by atoms with Crippen LogP contribution in [0.2, 0.25) is 0 Å². The van der Waals surface area contributed by atoms with Gasteiger partial charge >= 0.3 is 0 Å². The Morgan fingerprint density at radius 2 is 2.07 bits per heavy atom. The average Bonchev–Trinajstić information content (AvgIpc) is 3.19. The van der Waals surface area contributed by atoms with Gasteiger partial charge in [-0.3, -0.25) is 9.89 Å². The molecule has 1 unspecified atom stereocenters. The largest absolute Gasteiger partial charge is 0.346 e. The van der Waals surface area contributed by atoms with E-state index >= 15 is 0 Å². The number of aromatic nitrogens is 2. The second-order valence-electron chi connectivity index (χ2n) is 8.73. The number of rotatable bonds is 8. The van der Waals surface area contributed by atoms with Crippen molar-refractivity contribution in [2.45, 2.75) is 44.9 Å². The molecule has 1 aromatic carbocycles. The fourth-order valence-electron chi connectivity index (χ4n) is 4.68. The van der Waals surface area contributed by atoms with Gasteiger partial charge in [-0.05, 0) is 75.2 Å². The molecule has 0 bridgehead atoms.